The van der Waals surface area contributed by atoms with Crippen LogP contribution in [0.2, 0.25) is 0 Å². The summed E-state index contributed by atoms with van der Waals surface area (Å²) >= 11 is 0. The van der Waals surface area contributed by atoms with Crippen LogP contribution in [0.25, 0.3) is 0 Å². The van der Waals surface area contributed by atoms with Crippen molar-refractivity contribution in [1.82, 2.24) is 19.9 Å². The van der Waals surface area contributed by atoms with Gasteiger partial charge in [-0.2, -0.15) is 14.4 Å². The van der Waals surface area contributed by atoms with Crippen molar-refractivity contribution in [2.45, 2.75) is 13.0 Å². The molecular formula is C20H21F2N7O2. The molecule has 1 fully saturated rings. The second-order valence-corrected chi connectivity index (χ2v) is 6.94. The zero-order chi connectivity index (χ0) is 21.8. The van der Waals surface area contributed by atoms with E-state index < -0.39 is 17.7 Å². The molecule has 11 heteroatoms. The molecule has 162 valence electrons. The lowest BCUT2D eigenvalue weighted by Gasteiger charge is -2.29. The van der Waals surface area contributed by atoms with Crippen molar-refractivity contribution in [1.29, 1.82) is 0 Å². The molecule has 0 saturated carbocycles. The molecule has 1 aliphatic rings. The Labute approximate surface area is 176 Å². The largest absolute Gasteiger partial charge is 0.378 e. The molecule has 1 atom stereocenters. The molecule has 3 aromatic heterocycles. The molecule has 4 heterocycles. The number of anilines is 4. The molecule has 0 amide bonds. The first-order chi connectivity index (χ1) is 15.0. The standard InChI is InChI=1S/C20H21F2N7O2/c1-12(14-5-4-13(21)11-24-14)25-17-16(22)18(29-7-9-31-10-8-29)28-20(27-17)26-15-3-2-6-23-19(15)30/h2-6,11-12H,7-10H2,1H3,(H,23,30)(H2,25,26,27,28). The summed E-state index contributed by atoms with van der Waals surface area (Å²) in [6.07, 6.45) is 2.60. The van der Waals surface area contributed by atoms with Crippen molar-refractivity contribution in [2.75, 3.05) is 41.8 Å². The normalized spacial score (nSPS) is 14.9. The average molecular weight is 429 g/mol. The summed E-state index contributed by atoms with van der Waals surface area (Å²) in [6, 6.07) is 5.55. The van der Waals surface area contributed by atoms with Gasteiger partial charge in [0, 0.05) is 19.3 Å². The van der Waals surface area contributed by atoms with Gasteiger partial charge in [-0.05, 0) is 31.2 Å². The van der Waals surface area contributed by atoms with E-state index in [0.29, 0.717) is 32.0 Å². The summed E-state index contributed by atoms with van der Waals surface area (Å²) in [4.78, 5) is 28.9. The van der Waals surface area contributed by atoms with Crippen LogP contribution in [0.15, 0.2) is 41.5 Å². The molecule has 31 heavy (non-hydrogen) atoms. The van der Waals surface area contributed by atoms with Crippen LogP contribution >= 0.6 is 0 Å². The Kier molecular flexibility index (Phi) is 6.03. The Morgan fingerprint density at radius 1 is 1.19 bits per heavy atom. The molecule has 0 spiro atoms. The van der Waals surface area contributed by atoms with E-state index in [4.69, 9.17) is 4.74 Å². The maximum absolute atomic E-state index is 15.3. The van der Waals surface area contributed by atoms with E-state index in [-0.39, 0.29) is 28.8 Å². The van der Waals surface area contributed by atoms with Crippen LogP contribution in [0.3, 0.4) is 0 Å². The molecule has 0 radical (unpaired) electrons. The Morgan fingerprint density at radius 2 is 2.00 bits per heavy atom. The van der Waals surface area contributed by atoms with E-state index in [1.165, 1.54) is 18.3 Å². The zero-order valence-electron chi connectivity index (χ0n) is 16.7. The van der Waals surface area contributed by atoms with Crippen LogP contribution in [-0.4, -0.2) is 46.2 Å². The summed E-state index contributed by atoms with van der Waals surface area (Å²) in [5, 5.41) is 5.82. The van der Waals surface area contributed by atoms with Crippen LogP contribution < -0.4 is 21.1 Å². The van der Waals surface area contributed by atoms with Gasteiger partial charge < -0.3 is 25.3 Å². The lowest BCUT2D eigenvalue weighted by molar-refractivity contribution is 0.122. The number of morpholine rings is 1. The monoisotopic (exact) mass is 429 g/mol. The number of nitrogens with one attached hydrogen (secondary N) is 3. The van der Waals surface area contributed by atoms with E-state index in [2.05, 4.69) is 30.6 Å². The molecule has 1 aliphatic heterocycles. The van der Waals surface area contributed by atoms with E-state index in [9.17, 15) is 9.18 Å². The van der Waals surface area contributed by atoms with E-state index in [0.717, 1.165) is 6.20 Å². The van der Waals surface area contributed by atoms with Gasteiger partial charge in [0.05, 0.1) is 31.1 Å². The smallest absolute Gasteiger partial charge is 0.271 e. The highest BCUT2D eigenvalue weighted by atomic mass is 19.1. The third-order valence-corrected chi connectivity index (χ3v) is 4.76. The van der Waals surface area contributed by atoms with E-state index in [1.807, 2.05) is 0 Å². The fourth-order valence-corrected chi connectivity index (χ4v) is 3.13. The van der Waals surface area contributed by atoms with Crippen LogP contribution in [-0.2, 0) is 4.74 Å². The molecule has 3 N–H and O–H groups in total. The molecule has 0 aliphatic carbocycles. The summed E-state index contributed by atoms with van der Waals surface area (Å²) in [5.74, 6) is -1.01. The minimum Gasteiger partial charge on any atom is -0.378 e. The van der Waals surface area contributed by atoms with E-state index in [1.54, 1.807) is 24.0 Å². The predicted molar refractivity (Wildman–Crippen MR) is 112 cm³/mol. The Balaban J connectivity index is 1.69. The number of hydrogen-bond donors (Lipinski definition) is 3. The van der Waals surface area contributed by atoms with Crippen LogP contribution in [0.5, 0.6) is 0 Å². The Bertz CT molecular complexity index is 1100. The third kappa shape index (κ3) is 4.77. The molecule has 1 unspecified atom stereocenters. The lowest BCUT2D eigenvalue weighted by atomic mass is 10.2. The van der Waals surface area contributed by atoms with Gasteiger partial charge in [-0.3, -0.25) is 9.78 Å². The van der Waals surface area contributed by atoms with Gasteiger partial charge in [-0.1, -0.05) is 0 Å². The number of hydrogen-bond acceptors (Lipinski definition) is 8. The topological polar surface area (TPSA) is 108 Å². The van der Waals surface area contributed by atoms with Crippen LogP contribution in [0, 0.1) is 11.6 Å². The number of pyridine rings is 2. The molecule has 1 saturated heterocycles. The molecule has 3 aromatic rings. The summed E-state index contributed by atoms with van der Waals surface area (Å²) in [7, 11) is 0. The first-order valence-electron chi connectivity index (χ1n) is 9.74. The van der Waals surface area contributed by atoms with Gasteiger partial charge in [-0.25, -0.2) is 4.39 Å². The SMILES string of the molecule is CC(Nc1nc(Nc2ccc[nH]c2=O)nc(N2CCOCC2)c1F)c1ccc(F)cn1. The number of ether oxygens (including phenoxy) is 1. The van der Waals surface area contributed by atoms with Gasteiger partial charge in [0.1, 0.15) is 11.5 Å². The second kappa shape index (κ2) is 9.04. The van der Waals surface area contributed by atoms with Crippen molar-refractivity contribution in [2.24, 2.45) is 0 Å². The highest BCUT2D eigenvalue weighted by Gasteiger charge is 2.23. The van der Waals surface area contributed by atoms with Crippen molar-refractivity contribution in [3.63, 3.8) is 0 Å². The number of rotatable bonds is 6. The highest BCUT2D eigenvalue weighted by molar-refractivity contribution is 5.60. The minimum atomic E-state index is -0.636. The molecular weight excluding hydrogens is 408 g/mol. The average Bonchev–Trinajstić information content (AvgIpc) is 2.78. The van der Waals surface area contributed by atoms with Gasteiger partial charge in [0.2, 0.25) is 11.8 Å². The minimum absolute atomic E-state index is 0.0568. The van der Waals surface area contributed by atoms with Gasteiger partial charge in [-0.15, -0.1) is 0 Å². The Hall–Kier alpha value is -3.60. The maximum atomic E-state index is 15.3. The number of aromatic amines is 1. The quantitative estimate of drug-likeness (QED) is 0.549. The number of nitrogens with zero attached hydrogens (tertiary/aromatic N) is 4. The lowest BCUT2D eigenvalue weighted by Crippen LogP contribution is -2.37. The Morgan fingerprint density at radius 3 is 2.71 bits per heavy atom. The third-order valence-electron chi connectivity index (χ3n) is 4.76. The highest BCUT2D eigenvalue weighted by Crippen LogP contribution is 2.28. The second-order valence-electron chi connectivity index (χ2n) is 6.94. The van der Waals surface area contributed by atoms with Crippen molar-refractivity contribution >= 4 is 23.3 Å². The summed E-state index contributed by atoms with van der Waals surface area (Å²) < 4.78 is 33.9. The first-order valence-corrected chi connectivity index (χ1v) is 9.74. The number of H-pyrrole nitrogens is 1. The fourth-order valence-electron chi connectivity index (χ4n) is 3.13. The van der Waals surface area contributed by atoms with Gasteiger partial charge >= 0.3 is 0 Å². The number of halogens is 2. The fraction of sp³-hybridized carbons (Fsp3) is 0.300. The van der Waals surface area contributed by atoms with E-state index >= 15 is 4.39 Å². The summed E-state index contributed by atoms with van der Waals surface area (Å²) in [6.45, 7) is 3.58. The van der Waals surface area contributed by atoms with Crippen molar-refractivity contribution in [3.05, 3.63) is 64.3 Å². The van der Waals surface area contributed by atoms with Crippen LogP contribution in [0.1, 0.15) is 18.7 Å². The van der Waals surface area contributed by atoms with Crippen molar-refractivity contribution < 1.29 is 13.5 Å². The predicted octanol–water partition coefficient (Wildman–Crippen LogP) is 2.59. The maximum Gasteiger partial charge on any atom is 0.271 e. The molecule has 0 bridgehead atoms. The van der Waals surface area contributed by atoms with Crippen LogP contribution in [0.4, 0.5) is 32.1 Å². The molecule has 0 aromatic carbocycles. The number of aromatic nitrogens is 4. The first kappa shape index (κ1) is 20.7. The van der Waals surface area contributed by atoms with Gasteiger partial charge in [0.25, 0.3) is 5.56 Å². The molecule has 4 rings (SSSR count). The molecule has 9 nitrogen and oxygen atoms in total. The van der Waals surface area contributed by atoms with Crippen molar-refractivity contribution in [3.8, 4) is 0 Å². The zero-order valence-corrected chi connectivity index (χ0v) is 16.7. The van der Waals surface area contributed by atoms with Gasteiger partial charge in [0.15, 0.2) is 11.6 Å². The summed E-state index contributed by atoms with van der Waals surface area (Å²) in [5.41, 5.74) is 0.379.